The molecule has 0 aromatic rings. The number of carbonyl (C=O) groups is 1. The van der Waals surface area contributed by atoms with Crippen molar-refractivity contribution in [1.29, 1.82) is 0 Å². The zero-order valence-corrected chi connectivity index (χ0v) is 26.6. The standard InChI is InChI=1S/C27H46O6S.K/c1-16(2)24(33-34(30,31)32)9-6-17(3)20-7-8-21-25-22(11-13-27(20,21)5)26(4)12-10-19(28)14-18(26)15-23(25)29;/h16-18,20-25,29H,6-15H2,1-5H3,(H,30,31,32);/q;+1/p-1/t17-,18-,20-,21+,22+,23-,24+,25+,26+,27-;/m1./s1. The number of aliphatic hydroxyl groups is 1. The quantitative estimate of drug-likeness (QED) is 0.304. The van der Waals surface area contributed by atoms with Gasteiger partial charge in [0.05, 0.1) is 12.2 Å². The molecule has 0 saturated heterocycles. The summed E-state index contributed by atoms with van der Waals surface area (Å²) in [5.41, 5.74) is 0.350. The van der Waals surface area contributed by atoms with Crippen molar-refractivity contribution in [2.75, 3.05) is 0 Å². The van der Waals surface area contributed by atoms with E-state index in [1.54, 1.807) is 0 Å². The Kier molecular flexibility index (Phi) is 9.92. The van der Waals surface area contributed by atoms with Crippen LogP contribution in [0.4, 0.5) is 0 Å². The predicted molar refractivity (Wildman–Crippen MR) is 129 cm³/mol. The van der Waals surface area contributed by atoms with Crippen molar-refractivity contribution in [2.45, 2.75) is 111 Å². The van der Waals surface area contributed by atoms with Gasteiger partial charge in [0.1, 0.15) is 5.78 Å². The molecule has 0 heterocycles. The molecule has 0 radical (unpaired) electrons. The van der Waals surface area contributed by atoms with Gasteiger partial charge in [0.2, 0.25) is 10.4 Å². The van der Waals surface area contributed by atoms with E-state index >= 15 is 0 Å². The van der Waals surface area contributed by atoms with Crippen LogP contribution in [0.15, 0.2) is 0 Å². The molecule has 35 heavy (non-hydrogen) atoms. The molecule has 0 bridgehead atoms. The van der Waals surface area contributed by atoms with E-state index in [1.807, 2.05) is 13.8 Å². The molecule has 0 unspecified atom stereocenters. The fraction of sp³-hybridized carbons (Fsp3) is 0.963. The topological polar surface area (TPSA) is 104 Å². The SMILES string of the molecule is CC(C)[C@H](CC[C@@H](C)[C@H]1CC[C@H]2[C@@H]3[C@H](O)C[C@H]4CC(=O)CC[C@]4(C)[C@H]3CC[C@]12C)OS(=O)(=O)[O-].[K+]. The molecular weight excluding hydrogens is 491 g/mol. The van der Waals surface area contributed by atoms with Crippen LogP contribution < -0.4 is 51.4 Å². The number of Topliss-reactive ketones (excluding diaryl/α,β-unsaturated/α-hetero) is 1. The second-order valence-corrected chi connectivity index (χ2v) is 14.1. The molecule has 0 aromatic heterocycles. The van der Waals surface area contributed by atoms with E-state index in [2.05, 4.69) is 20.8 Å². The van der Waals surface area contributed by atoms with Crippen LogP contribution in [0.5, 0.6) is 0 Å². The van der Waals surface area contributed by atoms with E-state index in [4.69, 9.17) is 4.18 Å². The number of carbonyl (C=O) groups excluding carboxylic acids is 1. The third kappa shape index (κ3) is 6.01. The Morgan fingerprint density at radius 2 is 1.71 bits per heavy atom. The van der Waals surface area contributed by atoms with Crippen molar-refractivity contribution in [3.63, 3.8) is 0 Å². The van der Waals surface area contributed by atoms with Gasteiger partial charge < -0.3 is 9.66 Å². The van der Waals surface area contributed by atoms with Gasteiger partial charge in [-0.05, 0) is 104 Å². The molecule has 4 saturated carbocycles. The molecule has 196 valence electrons. The zero-order valence-electron chi connectivity index (χ0n) is 22.7. The Balaban J connectivity index is 0.00000342. The molecule has 0 aliphatic heterocycles. The maximum absolute atomic E-state index is 12.2. The van der Waals surface area contributed by atoms with Crippen molar-refractivity contribution >= 4 is 16.2 Å². The van der Waals surface area contributed by atoms with E-state index in [0.717, 1.165) is 44.9 Å². The zero-order chi connectivity index (χ0) is 25.1. The summed E-state index contributed by atoms with van der Waals surface area (Å²) in [7, 11) is -4.70. The summed E-state index contributed by atoms with van der Waals surface area (Å²) in [6, 6.07) is 0. The Morgan fingerprint density at radius 1 is 1.06 bits per heavy atom. The van der Waals surface area contributed by atoms with Gasteiger partial charge in [0.25, 0.3) is 0 Å². The maximum atomic E-state index is 12.2. The minimum atomic E-state index is -4.70. The van der Waals surface area contributed by atoms with Gasteiger partial charge in [-0.15, -0.1) is 0 Å². The minimum Gasteiger partial charge on any atom is -0.726 e. The van der Waals surface area contributed by atoms with Gasteiger partial charge in [0, 0.05) is 12.8 Å². The molecule has 4 aliphatic carbocycles. The minimum absolute atomic E-state index is 0. The average Bonchev–Trinajstić information content (AvgIpc) is 3.08. The smallest absolute Gasteiger partial charge is 0.726 e. The number of aliphatic hydroxyl groups excluding tert-OH is 1. The summed E-state index contributed by atoms with van der Waals surface area (Å²) >= 11 is 0. The van der Waals surface area contributed by atoms with Gasteiger partial charge in [-0.25, -0.2) is 8.42 Å². The third-order valence-electron chi connectivity index (χ3n) is 11.2. The van der Waals surface area contributed by atoms with Gasteiger partial charge in [-0.2, -0.15) is 0 Å². The van der Waals surface area contributed by atoms with Crippen molar-refractivity contribution in [2.24, 2.45) is 52.3 Å². The first-order chi connectivity index (χ1) is 15.8. The van der Waals surface area contributed by atoms with Crippen LogP contribution in [-0.4, -0.2) is 36.1 Å². The van der Waals surface area contributed by atoms with E-state index in [9.17, 15) is 22.9 Å². The number of hydrogen-bond acceptors (Lipinski definition) is 6. The third-order valence-corrected chi connectivity index (χ3v) is 11.6. The van der Waals surface area contributed by atoms with Crippen LogP contribution in [0.1, 0.15) is 98.8 Å². The summed E-state index contributed by atoms with van der Waals surface area (Å²) in [6.07, 6.45) is 8.20. The van der Waals surface area contributed by atoms with Crippen molar-refractivity contribution in [3.05, 3.63) is 0 Å². The summed E-state index contributed by atoms with van der Waals surface area (Å²) in [5.74, 6) is 2.93. The van der Waals surface area contributed by atoms with Crippen LogP contribution in [0.25, 0.3) is 0 Å². The van der Waals surface area contributed by atoms with Crippen molar-refractivity contribution in [1.82, 2.24) is 0 Å². The van der Waals surface area contributed by atoms with E-state index in [1.165, 1.54) is 0 Å². The molecule has 1 N–H and O–H groups in total. The number of rotatable bonds is 7. The Labute approximate surface area is 255 Å². The molecule has 0 spiro atoms. The number of hydrogen-bond donors (Lipinski definition) is 1. The normalized spacial score (nSPS) is 43.0. The molecule has 4 fully saturated rings. The van der Waals surface area contributed by atoms with Gasteiger partial charge in [0.15, 0.2) is 0 Å². The monoisotopic (exact) mass is 536 g/mol. The molecular formula is C27H45KO6S. The molecule has 8 heteroatoms. The Bertz CT molecular complexity index is 877. The van der Waals surface area contributed by atoms with Crippen LogP contribution in [0.2, 0.25) is 0 Å². The van der Waals surface area contributed by atoms with Gasteiger partial charge in [-0.1, -0.05) is 34.6 Å². The maximum Gasteiger partial charge on any atom is 1.00 e. The van der Waals surface area contributed by atoms with E-state index < -0.39 is 16.5 Å². The average molecular weight is 537 g/mol. The molecule has 6 nitrogen and oxygen atoms in total. The molecule has 4 rings (SSSR count). The largest absolute Gasteiger partial charge is 1.00 e. The van der Waals surface area contributed by atoms with Crippen molar-refractivity contribution < 1.29 is 78.4 Å². The first-order valence-corrected chi connectivity index (χ1v) is 14.9. The van der Waals surface area contributed by atoms with E-state index in [-0.39, 0.29) is 74.2 Å². The molecule has 4 aliphatic rings. The summed E-state index contributed by atoms with van der Waals surface area (Å²) < 4.78 is 38.4. The second-order valence-electron chi connectivity index (χ2n) is 13.1. The van der Waals surface area contributed by atoms with Crippen molar-refractivity contribution in [3.8, 4) is 0 Å². The molecule has 0 aromatic carbocycles. The summed E-state index contributed by atoms with van der Waals surface area (Å²) in [4.78, 5) is 12.2. The summed E-state index contributed by atoms with van der Waals surface area (Å²) in [6.45, 7) is 10.9. The summed E-state index contributed by atoms with van der Waals surface area (Å²) in [5, 5.41) is 11.4. The van der Waals surface area contributed by atoms with E-state index in [0.29, 0.717) is 60.6 Å². The molecule has 10 atom stereocenters. The Morgan fingerprint density at radius 3 is 2.34 bits per heavy atom. The predicted octanol–water partition coefficient (Wildman–Crippen LogP) is 2.11. The van der Waals surface area contributed by atoms with Crippen LogP contribution in [0, 0.1) is 52.3 Å². The van der Waals surface area contributed by atoms with Crippen LogP contribution in [0.3, 0.4) is 0 Å². The fourth-order valence-corrected chi connectivity index (χ4v) is 9.88. The van der Waals surface area contributed by atoms with Crippen LogP contribution in [-0.2, 0) is 19.4 Å². The first-order valence-electron chi connectivity index (χ1n) is 13.6. The molecule has 0 amide bonds. The van der Waals surface area contributed by atoms with Crippen LogP contribution >= 0.6 is 0 Å². The van der Waals surface area contributed by atoms with Gasteiger partial charge >= 0.3 is 51.4 Å². The number of fused-ring (bicyclic) bond motifs is 5. The first kappa shape index (κ1) is 30.7. The van der Waals surface area contributed by atoms with Gasteiger partial charge in [-0.3, -0.25) is 8.98 Å². The second kappa shape index (κ2) is 11.3. The fourth-order valence-electron chi connectivity index (χ4n) is 9.26. The number of ketones is 1. The Hall–Kier alpha value is 1.14.